The van der Waals surface area contributed by atoms with E-state index in [4.69, 9.17) is 11.6 Å². The number of carbonyl (C=O) groups excluding carboxylic acids is 2. The van der Waals surface area contributed by atoms with Gasteiger partial charge in [-0.2, -0.15) is 5.10 Å². The molecule has 0 aliphatic heterocycles. The molecule has 2 rings (SSSR count). The Morgan fingerprint density at radius 2 is 1.92 bits per heavy atom. The van der Waals surface area contributed by atoms with E-state index in [-0.39, 0.29) is 0 Å². The molecule has 0 radical (unpaired) electrons. The van der Waals surface area contributed by atoms with Crippen LogP contribution in [0.1, 0.15) is 30.8 Å². The molecule has 26 heavy (non-hydrogen) atoms. The Bertz CT molecular complexity index is 838. The van der Waals surface area contributed by atoms with Gasteiger partial charge in [-0.05, 0) is 52.0 Å². The summed E-state index contributed by atoms with van der Waals surface area (Å²) in [7, 11) is 0. The van der Waals surface area contributed by atoms with Gasteiger partial charge in [0.15, 0.2) is 0 Å². The molecule has 7 heteroatoms. The summed E-state index contributed by atoms with van der Waals surface area (Å²) in [6, 6.07) is 9.52. The smallest absolute Gasteiger partial charge is 0.329 e. The lowest BCUT2D eigenvalue weighted by molar-refractivity contribution is -0.145. The lowest BCUT2D eigenvalue weighted by Gasteiger charge is -2.16. The van der Waals surface area contributed by atoms with E-state index in [0.717, 1.165) is 22.6 Å². The molecule has 0 fully saturated rings. The van der Waals surface area contributed by atoms with E-state index in [2.05, 4.69) is 15.1 Å². The van der Waals surface area contributed by atoms with Gasteiger partial charge in [0.2, 0.25) is 0 Å². The number of amides is 2. The molecule has 138 valence electrons. The van der Waals surface area contributed by atoms with Gasteiger partial charge in [-0.15, -0.1) is 0 Å². The van der Waals surface area contributed by atoms with E-state index >= 15 is 0 Å². The number of rotatable bonds is 5. The highest BCUT2D eigenvalue weighted by Gasteiger charge is 2.18. The summed E-state index contributed by atoms with van der Waals surface area (Å²) in [5.74, 6) is -1.33. The summed E-state index contributed by atoms with van der Waals surface area (Å²) in [5, 5.41) is 4.59. The van der Waals surface area contributed by atoms with Gasteiger partial charge in [-0.25, -0.2) is 5.43 Å². The minimum atomic E-state index is -0.742. The third kappa shape index (κ3) is 4.32. The number of hydrogen-bond acceptors (Lipinski definition) is 3. The third-order valence-electron chi connectivity index (χ3n) is 4.15. The van der Waals surface area contributed by atoms with E-state index in [1.165, 1.54) is 11.1 Å². The summed E-state index contributed by atoms with van der Waals surface area (Å²) in [4.78, 5) is 25.2. The van der Waals surface area contributed by atoms with E-state index in [0.29, 0.717) is 18.1 Å². The maximum Gasteiger partial charge on any atom is 0.329 e. The fraction of sp³-hybridized carbons (Fsp3) is 0.316. The summed E-state index contributed by atoms with van der Waals surface area (Å²) >= 11 is 6.08. The standard InChI is InChI=1S/C19H23ClN4O2/c1-5-23(6-2)19(26)18(25)22-21-12-15-10-13(3)24(14(15)4)17-9-7-8-16(20)11-17/h7-12H,5-6H2,1-4H3,(H,22,25)/b21-12+. The normalized spacial score (nSPS) is 11.0. The highest BCUT2D eigenvalue weighted by Crippen LogP contribution is 2.22. The third-order valence-corrected chi connectivity index (χ3v) is 4.39. The lowest BCUT2D eigenvalue weighted by Crippen LogP contribution is -2.41. The van der Waals surface area contributed by atoms with Gasteiger partial charge in [0, 0.05) is 40.8 Å². The second-order valence-corrected chi connectivity index (χ2v) is 6.25. The number of hydrazone groups is 1. The molecule has 0 spiro atoms. The van der Waals surface area contributed by atoms with Crippen molar-refractivity contribution in [1.29, 1.82) is 0 Å². The zero-order chi connectivity index (χ0) is 19.3. The van der Waals surface area contributed by atoms with Crippen molar-refractivity contribution in [2.45, 2.75) is 27.7 Å². The Hall–Kier alpha value is -2.60. The number of benzene rings is 1. The molecule has 1 aromatic heterocycles. The SMILES string of the molecule is CCN(CC)C(=O)C(=O)N/N=C/c1cc(C)n(-c2cccc(Cl)c2)c1C. The average Bonchev–Trinajstić information content (AvgIpc) is 2.89. The molecule has 0 unspecified atom stereocenters. The first kappa shape index (κ1) is 19.7. The highest BCUT2D eigenvalue weighted by molar-refractivity contribution is 6.35. The van der Waals surface area contributed by atoms with E-state index in [9.17, 15) is 9.59 Å². The van der Waals surface area contributed by atoms with Gasteiger partial charge in [-0.3, -0.25) is 9.59 Å². The maximum absolute atomic E-state index is 11.9. The van der Waals surface area contributed by atoms with Crippen LogP contribution in [0.15, 0.2) is 35.4 Å². The number of aromatic nitrogens is 1. The topological polar surface area (TPSA) is 66.7 Å². The molecule has 0 aliphatic carbocycles. The molecule has 1 N–H and O–H groups in total. The Kier molecular flexibility index (Phi) is 6.58. The molecule has 0 bridgehead atoms. The molecule has 2 amide bonds. The van der Waals surface area contributed by atoms with Crippen LogP contribution in [-0.2, 0) is 9.59 Å². The van der Waals surface area contributed by atoms with E-state index in [1.54, 1.807) is 0 Å². The minimum Gasteiger partial charge on any atom is -0.335 e. The quantitative estimate of drug-likeness (QED) is 0.496. The van der Waals surface area contributed by atoms with Crippen molar-refractivity contribution < 1.29 is 9.59 Å². The van der Waals surface area contributed by atoms with Crippen LogP contribution < -0.4 is 5.43 Å². The van der Waals surface area contributed by atoms with Crippen LogP contribution in [0.5, 0.6) is 0 Å². The molecule has 2 aromatic rings. The Balaban J connectivity index is 2.16. The lowest BCUT2D eigenvalue weighted by atomic mass is 10.2. The maximum atomic E-state index is 11.9. The van der Waals surface area contributed by atoms with Crippen molar-refractivity contribution >= 4 is 29.6 Å². The van der Waals surface area contributed by atoms with Crippen molar-refractivity contribution in [1.82, 2.24) is 14.9 Å². The second kappa shape index (κ2) is 8.67. The molecular formula is C19H23ClN4O2. The minimum absolute atomic E-state index is 0.479. The highest BCUT2D eigenvalue weighted by atomic mass is 35.5. The molecule has 1 heterocycles. The predicted molar refractivity (Wildman–Crippen MR) is 104 cm³/mol. The summed E-state index contributed by atoms with van der Waals surface area (Å²) < 4.78 is 2.05. The van der Waals surface area contributed by atoms with Gasteiger partial charge in [0.05, 0.1) is 6.21 Å². The van der Waals surface area contributed by atoms with Crippen LogP contribution in [0.4, 0.5) is 0 Å². The van der Waals surface area contributed by atoms with Crippen molar-refractivity contribution in [2.24, 2.45) is 5.10 Å². The number of nitrogens with one attached hydrogen (secondary N) is 1. The number of carbonyl (C=O) groups is 2. The first-order chi connectivity index (χ1) is 12.4. The zero-order valence-electron chi connectivity index (χ0n) is 15.4. The second-order valence-electron chi connectivity index (χ2n) is 5.82. The molecule has 1 aromatic carbocycles. The Morgan fingerprint density at radius 1 is 1.23 bits per heavy atom. The van der Waals surface area contributed by atoms with Gasteiger partial charge >= 0.3 is 11.8 Å². The molecular weight excluding hydrogens is 352 g/mol. The van der Waals surface area contributed by atoms with Gasteiger partial charge in [-0.1, -0.05) is 17.7 Å². The van der Waals surface area contributed by atoms with Crippen molar-refractivity contribution in [3.63, 3.8) is 0 Å². The van der Waals surface area contributed by atoms with Gasteiger partial charge in [0.1, 0.15) is 0 Å². The fourth-order valence-corrected chi connectivity index (χ4v) is 2.98. The van der Waals surface area contributed by atoms with E-state index in [1.807, 2.05) is 58.0 Å². The fourth-order valence-electron chi connectivity index (χ4n) is 2.79. The first-order valence-electron chi connectivity index (χ1n) is 8.46. The van der Waals surface area contributed by atoms with Crippen molar-refractivity contribution in [3.8, 4) is 5.69 Å². The predicted octanol–water partition coefficient (Wildman–Crippen LogP) is 3.07. The molecule has 6 nitrogen and oxygen atoms in total. The van der Waals surface area contributed by atoms with Gasteiger partial charge in [0.25, 0.3) is 0 Å². The number of likely N-dealkylation sites (N-methyl/N-ethyl adjacent to an activating group) is 1. The van der Waals surface area contributed by atoms with Crippen molar-refractivity contribution in [2.75, 3.05) is 13.1 Å². The molecule has 0 saturated carbocycles. The first-order valence-corrected chi connectivity index (χ1v) is 8.84. The molecule has 0 atom stereocenters. The largest absolute Gasteiger partial charge is 0.335 e. The number of nitrogens with zero attached hydrogens (tertiary/aromatic N) is 3. The Labute approximate surface area is 158 Å². The number of hydrogen-bond donors (Lipinski definition) is 1. The molecule has 0 aliphatic rings. The monoisotopic (exact) mass is 374 g/mol. The van der Waals surface area contributed by atoms with Crippen LogP contribution in [0.2, 0.25) is 5.02 Å². The summed E-state index contributed by atoms with van der Waals surface area (Å²) in [6.07, 6.45) is 1.54. The van der Waals surface area contributed by atoms with E-state index < -0.39 is 11.8 Å². The van der Waals surface area contributed by atoms with Crippen LogP contribution in [0.3, 0.4) is 0 Å². The zero-order valence-corrected chi connectivity index (χ0v) is 16.2. The van der Waals surface area contributed by atoms with Gasteiger partial charge < -0.3 is 9.47 Å². The molecule has 0 saturated heterocycles. The summed E-state index contributed by atoms with van der Waals surface area (Å²) in [5.41, 5.74) is 6.06. The summed E-state index contributed by atoms with van der Waals surface area (Å²) in [6.45, 7) is 8.54. The van der Waals surface area contributed by atoms with Crippen LogP contribution in [-0.4, -0.2) is 40.6 Å². The number of halogens is 1. The van der Waals surface area contributed by atoms with Crippen LogP contribution in [0, 0.1) is 13.8 Å². The number of aryl methyl sites for hydroxylation is 1. The van der Waals surface area contributed by atoms with Crippen molar-refractivity contribution in [3.05, 3.63) is 52.3 Å². The Morgan fingerprint density at radius 3 is 2.54 bits per heavy atom. The van der Waals surface area contributed by atoms with Crippen LogP contribution >= 0.6 is 11.6 Å². The average molecular weight is 375 g/mol. The van der Waals surface area contributed by atoms with Crippen LogP contribution in [0.25, 0.3) is 5.69 Å².